The van der Waals surface area contributed by atoms with Gasteiger partial charge in [0.05, 0.1) is 0 Å². The van der Waals surface area contributed by atoms with E-state index in [9.17, 15) is 0 Å². The van der Waals surface area contributed by atoms with Gasteiger partial charge in [-0.3, -0.25) is 0 Å². The molecule has 0 heterocycles. The number of hydrogen-bond donors (Lipinski definition) is 0. The molecule has 0 aliphatic heterocycles. The Morgan fingerprint density at radius 2 is 0.978 bits per heavy atom. The fraction of sp³-hybridized carbons (Fsp3) is 0.130. The van der Waals surface area contributed by atoms with Crippen LogP contribution >= 0.6 is 0 Å². The molecule has 4 aliphatic rings. The molecular formula is C46H36. The number of hydrogen-bond acceptors (Lipinski definition) is 0. The molecule has 9 rings (SSSR count). The molecular weight excluding hydrogens is 553 g/mol. The van der Waals surface area contributed by atoms with Gasteiger partial charge in [-0.1, -0.05) is 154 Å². The molecule has 220 valence electrons. The first-order chi connectivity index (χ1) is 22.4. The number of fused-ring (bicyclic) bond motifs is 2. The van der Waals surface area contributed by atoms with Gasteiger partial charge < -0.3 is 0 Å². The second-order valence-corrected chi connectivity index (χ2v) is 14.2. The van der Waals surface area contributed by atoms with Crippen LogP contribution in [0, 0.1) is 17.3 Å². The Labute approximate surface area is 271 Å². The third-order valence-corrected chi connectivity index (χ3v) is 10.4. The summed E-state index contributed by atoms with van der Waals surface area (Å²) in [5, 5.41) is 5.08. The lowest BCUT2D eigenvalue weighted by atomic mass is 9.61. The van der Waals surface area contributed by atoms with E-state index in [1.165, 1.54) is 82.8 Å². The largest absolute Gasteiger partial charge is 0.0616 e. The Hall–Kier alpha value is -5.20. The number of benzene rings is 5. The second kappa shape index (κ2) is 10.2. The second-order valence-electron chi connectivity index (χ2n) is 14.2. The van der Waals surface area contributed by atoms with E-state index in [1.807, 2.05) is 0 Å². The van der Waals surface area contributed by atoms with Crippen molar-refractivity contribution in [1.29, 1.82) is 0 Å². The SMILES string of the molecule is CC(C)(C)C1=CC2=CC=C3C(c4ccc(-c5ccc6cc(-c7ccc8ccccc8c7)ccc6c5)cc4)=CC=C4C=CC(=C1)C2C43. The van der Waals surface area contributed by atoms with E-state index in [2.05, 4.69) is 173 Å². The van der Waals surface area contributed by atoms with Crippen LogP contribution in [0.5, 0.6) is 0 Å². The van der Waals surface area contributed by atoms with Crippen molar-refractivity contribution in [3.05, 3.63) is 185 Å². The standard InChI is InChI=1S/C46H36/c1-46(2,3)41-27-39-19-13-32-20-22-42(43-23-21-40(28-41)44(39)45(32)43)31-11-8-30(9-12-31)34-15-16-37-26-38(18-17-36(37)25-34)35-14-10-29-6-4-5-7-33(29)24-35/h4-28,44-45H,1-3H3. The smallest absolute Gasteiger partial charge is 0.0205 e. The summed E-state index contributed by atoms with van der Waals surface area (Å²) in [6.45, 7) is 6.93. The first-order valence-corrected chi connectivity index (χ1v) is 16.5. The summed E-state index contributed by atoms with van der Waals surface area (Å²) in [5.74, 6) is 0.790. The molecule has 0 saturated heterocycles. The predicted octanol–water partition coefficient (Wildman–Crippen LogP) is 12.2. The summed E-state index contributed by atoms with van der Waals surface area (Å²) < 4.78 is 0. The molecule has 0 bridgehead atoms. The molecule has 0 radical (unpaired) electrons. The van der Waals surface area contributed by atoms with Crippen LogP contribution in [0.3, 0.4) is 0 Å². The fourth-order valence-electron chi connectivity index (χ4n) is 7.80. The normalized spacial score (nSPS) is 19.9. The van der Waals surface area contributed by atoms with Crippen LogP contribution in [-0.2, 0) is 0 Å². The molecule has 0 nitrogen and oxygen atoms in total. The minimum atomic E-state index is 0.137. The molecule has 4 aliphatic carbocycles. The molecule has 0 spiro atoms. The highest BCUT2D eigenvalue weighted by atomic mass is 14.4. The summed E-state index contributed by atoms with van der Waals surface area (Å²) in [6, 6.07) is 38.2. The zero-order valence-electron chi connectivity index (χ0n) is 26.6. The first-order valence-electron chi connectivity index (χ1n) is 16.5. The summed E-state index contributed by atoms with van der Waals surface area (Å²) >= 11 is 0. The van der Waals surface area contributed by atoms with E-state index in [4.69, 9.17) is 0 Å². The van der Waals surface area contributed by atoms with E-state index in [0.717, 1.165) is 0 Å². The monoisotopic (exact) mass is 588 g/mol. The Morgan fingerprint density at radius 3 is 1.67 bits per heavy atom. The lowest BCUT2D eigenvalue weighted by Crippen LogP contribution is -2.30. The summed E-state index contributed by atoms with van der Waals surface area (Å²) in [6.07, 6.45) is 19.0. The van der Waals surface area contributed by atoms with Crippen molar-refractivity contribution >= 4 is 27.1 Å². The molecule has 0 N–H and O–H groups in total. The van der Waals surface area contributed by atoms with Crippen molar-refractivity contribution in [2.24, 2.45) is 17.3 Å². The lowest BCUT2D eigenvalue weighted by molar-refractivity contribution is 0.500. The van der Waals surface area contributed by atoms with Gasteiger partial charge in [-0.15, -0.1) is 0 Å². The predicted molar refractivity (Wildman–Crippen MR) is 196 cm³/mol. The summed E-state index contributed by atoms with van der Waals surface area (Å²) in [7, 11) is 0. The van der Waals surface area contributed by atoms with Crippen LogP contribution < -0.4 is 0 Å². The van der Waals surface area contributed by atoms with Gasteiger partial charge in [0.15, 0.2) is 0 Å². The number of allylic oxidation sites excluding steroid dienone is 14. The van der Waals surface area contributed by atoms with Gasteiger partial charge in [0.25, 0.3) is 0 Å². The Morgan fingerprint density at radius 1 is 0.435 bits per heavy atom. The lowest BCUT2D eigenvalue weighted by Gasteiger charge is -2.42. The maximum Gasteiger partial charge on any atom is 0.0205 e. The quantitative estimate of drug-likeness (QED) is 0.197. The van der Waals surface area contributed by atoms with Gasteiger partial charge in [0, 0.05) is 11.8 Å². The fourth-order valence-corrected chi connectivity index (χ4v) is 7.80. The van der Waals surface area contributed by atoms with Gasteiger partial charge in [-0.05, 0) is 106 Å². The highest BCUT2D eigenvalue weighted by molar-refractivity contribution is 5.93. The molecule has 0 aromatic heterocycles. The Bertz CT molecular complexity index is 2320. The molecule has 46 heavy (non-hydrogen) atoms. The van der Waals surface area contributed by atoms with E-state index in [1.54, 1.807) is 0 Å². The van der Waals surface area contributed by atoms with Gasteiger partial charge in [0.1, 0.15) is 0 Å². The van der Waals surface area contributed by atoms with Crippen LogP contribution in [0.2, 0.25) is 0 Å². The van der Waals surface area contributed by atoms with E-state index in [0.29, 0.717) is 11.8 Å². The van der Waals surface area contributed by atoms with Crippen molar-refractivity contribution in [1.82, 2.24) is 0 Å². The van der Waals surface area contributed by atoms with E-state index >= 15 is 0 Å². The van der Waals surface area contributed by atoms with Crippen molar-refractivity contribution in [3.63, 3.8) is 0 Å². The third-order valence-electron chi connectivity index (χ3n) is 10.4. The third kappa shape index (κ3) is 4.44. The molecule has 5 aromatic carbocycles. The molecule has 2 unspecified atom stereocenters. The van der Waals surface area contributed by atoms with Crippen molar-refractivity contribution in [2.45, 2.75) is 20.8 Å². The highest BCUT2D eigenvalue weighted by Gasteiger charge is 2.40. The average molecular weight is 589 g/mol. The molecule has 5 aromatic rings. The van der Waals surface area contributed by atoms with Gasteiger partial charge >= 0.3 is 0 Å². The van der Waals surface area contributed by atoms with E-state index < -0.39 is 0 Å². The molecule has 0 fully saturated rings. The number of rotatable bonds is 3. The molecule has 0 saturated carbocycles. The maximum absolute atomic E-state index is 2.44. The maximum atomic E-state index is 2.44. The summed E-state index contributed by atoms with van der Waals surface area (Å²) in [4.78, 5) is 0. The molecule has 0 heteroatoms. The van der Waals surface area contributed by atoms with Crippen molar-refractivity contribution < 1.29 is 0 Å². The molecule has 2 atom stereocenters. The van der Waals surface area contributed by atoms with Crippen molar-refractivity contribution in [2.75, 3.05) is 0 Å². The average Bonchev–Trinajstić information content (AvgIpc) is 3.09. The van der Waals surface area contributed by atoms with Crippen LogP contribution in [0.4, 0.5) is 0 Å². The van der Waals surface area contributed by atoms with Crippen LogP contribution in [-0.4, -0.2) is 0 Å². The topological polar surface area (TPSA) is 0 Å². The Balaban J connectivity index is 1.01. The van der Waals surface area contributed by atoms with Gasteiger partial charge in [0.2, 0.25) is 0 Å². The zero-order chi connectivity index (χ0) is 31.0. The van der Waals surface area contributed by atoms with Crippen molar-refractivity contribution in [3.8, 4) is 22.3 Å². The Kier molecular flexibility index (Phi) is 5.99. The first kappa shape index (κ1) is 27.1. The van der Waals surface area contributed by atoms with Crippen LogP contribution in [0.15, 0.2) is 180 Å². The highest BCUT2D eigenvalue weighted by Crippen LogP contribution is 2.53. The van der Waals surface area contributed by atoms with E-state index in [-0.39, 0.29) is 5.41 Å². The molecule has 0 amide bonds. The van der Waals surface area contributed by atoms with Crippen LogP contribution in [0.25, 0.3) is 49.4 Å². The van der Waals surface area contributed by atoms with Crippen LogP contribution in [0.1, 0.15) is 26.3 Å². The minimum absolute atomic E-state index is 0.137. The zero-order valence-corrected chi connectivity index (χ0v) is 26.6. The van der Waals surface area contributed by atoms with Gasteiger partial charge in [-0.2, -0.15) is 0 Å². The summed E-state index contributed by atoms with van der Waals surface area (Å²) in [5.41, 5.74) is 14.9. The van der Waals surface area contributed by atoms with Gasteiger partial charge in [-0.25, -0.2) is 0 Å². The minimum Gasteiger partial charge on any atom is -0.0616 e.